The molecular formula is C17H17N5O2. The average molecular weight is 323 g/mol. The van der Waals surface area contributed by atoms with Gasteiger partial charge in [-0.15, -0.1) is 0 Å². The zero-order valence-electron chi connectivity index (χ0n) is 13.1. The molecule has 2 aromatic rings. The molecule has 0 amide bonds. The Kier molecular flexibility index (Phi) is 4.57. The minimum atomic E-state index is -0.421. The van der Waals surface area contributed by atoms with Gasteiger partial charge in [0, 0.05) is 31.9 Å². The molecule has 1 aliphatic rings. The number of benzene rings is 1. The average Bonchev–Trinajstić information content (AvgIpc) is 3.09. The fourth-order valence-corrected chi connectivity index (χ4v) is 2.94. The van der Waals surface area contributed by atoms with Crippen LogP contribution in [0.4, 0.5) is 17.2 Å². The topological polar surface area (TPSA) is 95.1 Å². The number of pyridine rings is 1. The van der Waals surface area contributed by atoms with Gasteiger partial charge >= 0.3 is 0 Å². The highest BCUT2D eigenvalue weighted by Gasteiger charge is 2.27. The van der Waals surface area contributed by atoms with E-state index in [1.54, 1.807) is 18.3 Å². The first-order valence-electron chi connectivity index (χ1n) is 7.76. The van der Waals surface area contributed by atoms with Crippen LogP contribution in [0.3, 0.4) is 0 Å². The molecule has 24 heavy (non-hydrogen) atoms. The molecule has 0 radical (unpaired) electrons. The zero-order valence-corrected chi connectivity index (χ0v) is 13.1. The monoisotopic (exact) mass is 323 g/mol. The third-order valence-electron chi connectivity index (χ3n) is 4.16. The lowest BCUT2D eigenvalue weighted by molar-refractivity contribution is -0.384. The Hall–Kier alpha value is -3.14. The van der Waals surface area contributed by atoms with Crippen LogP contribution in [0.15, 0.2) is 42.6 Å². The van der Waals surface area contributed by atoms with E-state index in [1.165, 1.54) is 6.07 Å². The van der Waals surface area contributed by atoms with Gasteiger partial charge in [0.25, 0.3) is 5.69 Å². The van der Waals surface area contributed by atoms with Gasteiger partial charge in [0.1, 0.15) is 11.5 Å². The van der Waals surface area contributed by atoms with Crippen LogP contribution in [0.2, 0.25) is 0 Å². The van der Waals surface area contributed by atoms with Gasteiger partial charge in [-0.05, 0) is 36.6 Å². The van der Waals surface area contributed by atoms with E-state index in [-0.39, 0.29) is 5.69 Å². The molecule has 122 valence electrons. The number of rotatable bonds is 5. The lowest BCUT2D eigenvalue weighted by Crippen LogP contribution is -2.23. The molecule has 0 spiro atoms. The summed E-state index contributed by atoms with van der Waals surface area (Å²) in [5, 5.41) is 23.5. The molecule has 0 bridgehead atoms. The van der Waals surface area contributed by atoms with E-state index < -0.39 is 4.92 Å². The van der Waals surface area contributed by atoms with Crippen molar-refractivity contribution in [3.63, 3.8) is 0 Å². The van der Waals surface area contributed by atoms with Crippen LogP contribution >= 0.6 is 0 Å². The van der Waals surface area contributed by atoms with Crippen molar-refractivity contribution in [1.29, 1.82) is 5.26 Å². The fourth-order valence-electron chi connectivity index (χ4n) is 2.94. The van der Waals surface area contributed by atoms with Crippen LogP contribution < -0.4 is 10.2 Å². The predicted molar refractivity (Wildman–Crippen MR) is 90.9 cm³/mol. The first-order chi connectivity index (χ1) is 11.7. The molecule has 7 heteroatoms. The van der Waals surface area contributed by atoms with Crippen molar-refractivity contribution in [2.45, 2.75) is 6.42 Å². The number of nitro benzene ring substituents is 1. The number of nitrogens with one attached hydrogen (secondary N) is 1. The first kappa shape index (κ1) is 15.7. The maximum absolute atomic E-state index is 11.3. The van der Waals surface area contributed by atoms with E-state index in [2.05, 4.69) is 10.3 Å². The highest BCUT2D eigenvalue weighted by molar-refractivity contribution is 5.66. The van der Waals surface area contributed by atoms with E-state index in [1.807, 2.05) is 29.2 Å². The van der Waals surface area contributed by atoms with E-state index in [0.717, 1.165) is 31.9 Å². The second kappa shape index (κ2) is 6.96. The number of nitrogens with zero attached hydrogens (tertiary/aromatic N) is 4. The molecule has 0 aliphatic carbocycles. The molecule has 1 N–H and O–H groups in total. The Balaban J connectivity index is 1.67. The van der Waals surface area contributed by atoms with Crippen molar-refractivity contribution in [2.75, 3.05) is 29.9 Å². The highest BCUT2D eigenvalue weighted by Crippen LogP contribution is 2.33. The van der Waals surface area contributed by atoms with Gasteiger partial charge in [-0.2, -0.15) is 5.26 Å². The summed E-state index contributed by atoms with van der Waals surface area (Å²) in [4.78, 5) is 17.1. The minimum Gasteiger partial charge on any atom is -0.370 e. The summed E-state index contributed by atoms with van der Waals surface area (Å²) in [7, 11) is 0. The van der Waals surface area contributed by atoms with E-state index >= 15 is 0 Å². The Morgan fingerprint density at radius 3 is 3.00 bits per heavy atom. The van der Waals surface area contributed by atoms with E-state index in [4.69, 9.17) is 5.26 Å². The van der Waals surface area contributed by atoms with Crippen molar-refractivity contribution in [1.82, 2.24) is 4.98 Å². The van der Waals surface area contributed by atoms with Crippen LogP contribution in [-0.2, 0) is 0 Å². The lowest BCUT2D eigenvalue weighted by atomic mass is 10.1. The van der Waals surface area contributed by atoms with Crippen LogP contribution in [0, 0.1) is 27.4 Å². The minimum absolute atomic E-state index is 0.00705. The number of nitro groups is 1. The summed E-state index contributed by atoms with van der Waals surface area (Å²) in [6, 6.07) is 12.3. The molecule has 2 heterocycles. The molecule has 1 saturated heterocycles. The molecule has 3 rings (SSSR count). The van der Waals surface area contributed by atoms with Crippen molar-refractivity contribution in [3.8, 4) is 6.07 Å². The van der Waals surface area contributed by atoms with Crippen LogP contribution in [-0.4, -0.2) is 29.5 Å². The quantitative estimate of drug-likeness (QED) is 0.671. The van der Waals surface area contributed by atoms with Gasteiger partial charge in [-0.25, -0.2) is 4.98 Å². The normalized spacial score (nSPS) is 16.6. The van der Waals surface area contributed by atoms with Gasteiger partial charge < -0.3 is 10.2 Å². The Morgan fingerprint density at radius 2 is 2.29 bits per heavy atom. The van der Waals surface area contributed by atoms with Gasteiger partial charge in [-0.1, -0.05) is 6.07 Å². The fraction of sp³-hybridized carbons (Fsp3) is 0.294. The number of nitriles is 1. The molecule has 1 atom stereocenters. The molecule has 1 fully saturated rings. The Labute approximate surface area is 139 Å². The maximum Gasteiger partial charge on any atom is 0.293 e. The first-order valence-corrected chi connectivity index (χ1v) is 7.76. The zero-order chi connectivity index (χ0) is 16.9. The molecule has 1 aromatic heterocycles. The third-order valence-corrected chi connectivity index (χ3v) is 4.16. The van der Waals surface area contributed by atoms with Gasteiger partial charge in [0.05, 0.1) is 16.6 Å². The standard InChI is InChI=1S/C17H17N5O2/c18-10-13-4-5-15(16(9-13)22(23)24)21-8-6-14(12-21)11-20-17-3-1-2-7-19-17/h1-5,7,9,14H,6,8,11-12H2,(H,19,20)/t14-/m1/s1. The van der Waals surface area contributed by atoms with Crippen LogP contribution in [0.25, 0.3) is 0 Å². The third kappa shape index (κ3) is 3.43. The lowest BCUT2D eigenvalue weighted by Gasteiger charge is -2.19. The van der Waals surface area contributed by atoms with Crippen molar-refractivity contribution in [3.05, 3.63) is 58.3 Å². The smallest absolute Gasteiger partial charge is 0.293 e. The molecule has 7 nitrogen and oxygen atoms in total. The van der Waals surface area contributed by atoms with Gasteiger partial charge in [0.2, 0.25) is 0 Å². The Bertz CT molecular complexity index is 772. The van der Waals surface area contributed by atoms with Gasteiger partial charge in [-0.3, -0.25) is 10.1 Å². The van der Waals surface area contributed by atoms with Crippen LogP contribution in [0.1, 0.15) is 12.0 Å². The summed E-state index contributed by atoms with van der Waals surface area (Å²) in [5.74, 6) is 1.22. The molecule has 0 unspecified atom stereocenters. The molecular weight excluding hydrogens is 306 g/mol. The number of aromatic nitrogens is 1. The number of hydrogen-bond acceptors (Lipinski definition) is 6. The predicted octanol–water partition coefficient (Wildman–Crippen LogP) is 2.80. The summed E-state index contributed by atoms with van der Waals surface area (Å²) >= 11 is 0. The highest BCUT2D eigenvalue weighted by atomic mass is 16.6. The molecule has 1 aliphatic heterocycles. The maximum atomic E-state index is 11.3. The summed E-state index contributed by atoms with van der Waals surface area (Å²) in [6.07, 6.45) is 2.69. The Morgan fingerprint density at radius 1 is 1.42 bits per heavy atom. The number of hydrogen-bond donors (Lipinski definition) is 1. The van der Waals surface area contributed by atoms with E-state index in [0.29, 0.717) is 17.2 Å². The summed E-state index contributed by atoms with van der Waals surface area (Å²) < 4.78 is 0. The van der Waals surface area contributed by atoms with Crippen molar-refractivity contribution in [2.24, 2.45) is 5.92 Å². The van der Waals surface area contributed by atoms with Crippen molar-refractivity contribution < 1.29 is 4.92 Å². The SMILES string of the molecule is N#Cc1ccc(N2CC[C@H](CNc3ccccn3)C2)c([N+](=O)[O-])c1. The second-order valence-corrected chi connectivity index (χ2v) is 5.77. The van der Waals surface area contributed by atoms with Gasteiger partial charge in [0.15, 0.2) is 0 Å². The van der Waals surface area contributed by atoms with Crippen molar-refractivity contribution >= 4 is 17.2 Å². The van der Waals surface area contributed by atoms with Crippen LogP contribution in [0.5, 0.6) is 0 Å². The van der Waals surface area contributed by atoms with E-state index in [9.17, 15) is 10.1 Å². The molecule has 1 aromatic carbocycles. The summed E-state index contributed by atoms with van der Waals surface area (Å²) in [5.41, 5.74) is 0.879. The second-order valence-electron chi connectivity index (χ2n) is 5.77. The largest absolute Gasteiger partial charge is 0.370 e. The summed E-state index contributed by atoms with van der Waals surface area (Å²) in [6.45, 7) is 2.28. The molecule has 0 saturated carbocycles. The number of anilines is 2.